The third kappa shape index (κ3) is 1.96. The zero-order valence-electron chi connectivity index (χ0n) is 16.9. The summed E-state index contributed by atoms with van der Waals surface area (Å²) >= 11 is 0. The van der Waals surface area contributed by atoms with Crippen molar-refractivity contribution < 1.29 is 0 Å². The van der Waals surface area contributed by atoms with E-state index in [1.165, 1.54) is 39.0 Å². The van der Waals surface area contributed by atoms with Gasteiger partial charge in [0.2, 0.25) is 0 Å². The standard InChI is InChI=1S/C26H20.C2H6/c1-17-9-8-16-24-25(17)20-12-4-7-15-23(20)26(24)21-13-5-2-10-18(21)19-11-3-6-14-22(19)26;1-2/h2-8,10-17H,9H2,1H3;1-2H3. The summed E-state index contributed by atoms with van der Waals surface area (Å²) in [6.07, 6.45) is 5.92. The average molecular weight is 363 g/mol. The van der Waals surface area contributed by atoms with Crippen molar-refractivity contribution in [3.05, 3.63) is 113 Å². The Morgan fingerprint density at radius 3 is 1.71 bits per heavy atom. The second kappa shape index (κ2) is 6.34. The first-order valence-corrected chi connectivity index (χ1v) is 10.5. The van der Waals surface area contributed by atoms with Gasteiger partial charge in [0, 0.05) is 0 Å². The van der Waals surface area contributed by atoms with Crippen LogP contribution in [0.25, 0.3) is 16.7 Å². The Bertz CT molecular complexity index is 1080. The van der Waals surface area contributed by atoms with Gasteiger partial charge in [-0.1, -0.05) is 106 Å². The number of allylic oxidation sites excluding steroid dienone is 4. The summed E-state index contributed by atoms with van der Waals surface area (Å²) in [6, 6.07) is 27.1. The fourth-order valence-electron chi connectivity index (χ4n) is 5.61. The van der Waals surface area contributed by atoms with Gasteiger partial charge in [-0.15, -0.1) is 0 Å². The molecule has 1 unspecified atom stereocenters. The van der Waals surface area contributed by atoms with E-state index in [0.717, 1.165) is 6.42 Å². The third-order valence-corrected chi connectivity index (χ3v) is 6.53. The van der Waals surface area contributed by atoms with Gasteiger partial charge in [0.15, 0.2) is 0 Å². The van der Waals surface area contributed by atoms with Gasteiger partial charge in [0.25, 0.3) is 0 Å². The molecule has 0 heterocycles. The molecule has 0 bridgehead atoms. The van der Waals surface area contributed by atoms with E-state index in [0.29, 0.717) is 5.92 Å². The maximum Gasteiger partial charge on any atom is 0.0722 e. The van der Waals surface area contributed by atoms with Crippen LogP contribution in [0, 0.1) is 5.92 Å². The topological polar surface area (TPSA) is 0 Å². The molecule has 0 heteroatoms. The van der Waals surface area contributed by atoms with Crippen LogP contribution in [0.2, 0.25) is 0 Å². The summed E-state index contributed by atoms with van der Waals surface area (Å²) in [5.41, 5.74) is 11.5. The van der Waals surface area contributed by atoms with Crippen molar-refractivity contribution in [3.8, 4) is 11.1 Å². The zero-order chi connectivity index (χ0) is 19.3. The predicted octanol–water partition coefficient (Wildman–Crippen LogP) is 7.39. The number of benzene rings is 3. The highest BCUT2D eigenvalue weighted by atomic mass is 14.5. The minimum Gasteiger partial charge on any atom is -0.0836 e. The molecule has 0 amide bonds. The Labute approximate surface area is 168 Å². The van der Waals surface area contributed by atoms with Crippen molar-refractivity contribution in [1.29, 1.82) is 0 Å². The van der Waals surface area contributed by atoms with Crippen molar-refractivity contribution in [2.45, 2.75) is 32.6 Å². The fraction of sp³-hybridized carbons (Fsp3) is 0.214. The molecule has 0 fully saturated rings. The van der Waals surface area contributed by atoms with Crippen LogP contribution in [0.15, 0.2) is 90.5 Å². The van der Waals surface area contributed by atoms with Crippen molar-refractivity contribution >= 4 is 5.57 Å². The predicted molar refractivity (Wildman–Crippen MR) is 119 cm³/mol. The molecule has 0 saturated heterocycles. The van der Waals surface area contributed by atoms with E-state index in [1.807, 2.05) is 13.8 Å². The molecular weight excluding hydrogens is 336 g/mol. The Kier molecular flexibility index (Phi) is 3.91. The Morgan fingerprint density at radius 2 is 1.14 bits per heavy atom. The first-order valence-electron chi connectivity index (χ1n) is 10.5. The molecule has 1 spiro atoms. The summed E-state index contributed by atoms with van der Waals surface area (Å²) in [7, 11) is 0. The van der Waals surface area contributed by atoms with Crippen LogP contribution >= 0.6 is 0 Å². The molecule has 0 aromatic heterocycles. The molecule has 28 heavy (non-hydrogen) atoms. The summed E-state index contributed by atoms with van der Waals surface area (Å²) in [5.74, 6) is 0.565. The molecule has 3 aliphatic carbocycles. The van der Waals surface area contributed by atoms with E-state index in [2.05, 4.69) is 91.9 Å². The summed E-state index contributed by atoms with van der Waals surface area (Å²) in [6.45, 7) is 6.38. The molecule has 0 aliphatic heterocycles. The van der Waals surface area contributed by atoms with E-state index in [-0.39, 0.29) is 5.41 Å². The van der Waals surface area contributed by atoms with Crippen LogP contribution in [0.1, 0.15) is 49.4 Å². The molecule has 0 radical (unpaired) electrons. The number of fused-ring (bicyclic) bond motifs is 9. The van der Waals surface area contributed by atoms with Gasteiger partial charge < -0.3 is 0 Å². The van der Waals surface area contributed by atoms with E-state index < -0.39 is 0 Å². The first-order chi connectivity index (χ1) is 13.8. The summed E-state index contributed by atoms with van der Waals surface area (Å²) in [4.78, 5) is 0. The molecule has 1 atom stereocenters. The summed E-state index contributed by atoms with van der Waals surface area (Å²) in [5, 5.41) is 0. The fourth-order valence-corrected chi connectivity index (χ4v) is 5.61. The van der Waals surface area contributed by atoms with Gasteiger partial charge in [0.1, 0.15) is 0 Å². The molecule has 0 N–H and O–H groups in total. The van der Waals surface area contributed by atoms with Gasteiger partial charge in [-0.25, -0.2) is 0 Å². The van der Waals surface area contributed by atoms with E-state index >= 15 is 0 Å². The van der Waals surface area contributed by atoms with Gasteiger partial charge in [-0.2, -0.15) is 0 Å². The lowest BCUT2D eigenvalue weighted by molar-refractivity contribution is 0.731. The maximum absolute atomic E-state index is 2.41. The normalized spacial score (nSPS) is 19.5. The molecule has 3 aromatic carbocycles. The van der Waals surface area contributed by atoms with E-state index in [1.54, 1.807) is 5.57 Å². The van der Waals surface area contributed by atoms with Crippen molar-refractivity contribution in [2.75, 3.05) is 0 Å². The highest BCUT2D eigenvalue weighted by molar-refractivity contribution is 5.96. The molecule has 6 rings (SSSR count). The number of hydrogen-bond donors (Lipinski definition) is 0. The van der Waals surface area contributed by atoms with Crippen LogP contribution in [0.4, 0.5) is 0 Å². The minimum absolute atomic E-state index is 0.149. The third-order valence-electron chi connectivity index (χ3n) is 6.53. The maximum atomic E-state index is 2.41. The second-order valence-electron chi connectivity index (χ2n) is 7.75. The van der Waals surface area contributed by atoms with Crippen molar-refractivity contribution in [1.82, 2.24) is 0 Å². The Morgan fingerprint density at radius 1 is 0.679 bits per heavy atom. The first kappa shape index (κ1) is 17.3. The Hall–Kier alpha value is -2.86. The highest BCUT2D eigenvalue weighted by Gasteiger charge is 2.52. The lowest BCUT2D eigenvalue weighted by atomic mass is 9.68. The Balaban J connectivity index is 0.000000829. The quantitative estimate of drug-likeness (QED) is 0.391. The van der Waals surface area contributed by atoms with Gasteiger partial charge in [0.05, 0.1) is 5.41 Å². The van der Waals surface area contributed by atoms with Crippen LogP contribution in [0.3, 0.4) is 0 Å². The van der Waals surface area contributed by atoms with Gasteiger partial charge in [-0.3, -0.25) is 0 Å². The molecule has 0 saturated carbocycles. The summed E-state index contributed by atoms with van der Waals surface area (Å²) < 4.78 is 0. The minimum atomic E-state index is -0.149. The average Bonchev–Trinajstić information content (AvgIpc) is 3.23. The highest BCUT2D eigenvalue weighted by Crippen LogP contribution is 2.63. The van der Waals surface area contributed by atoms with Crippen molar-refractivity contribution in [3.63, 3.8) is 0 Å². The monoisotopic (exact) mass is 362 g/mol. The second-order valence-corrected chi connectivity index (χ2v) is 7.75. The molecule has 138 valence electrons. The van der Waals surface area contributed by atoms with Crippen molar-refractivity contribution in [2.24, 2.45) is 5.92 Å². The SMILES string of the molecule is CC.CC1CC=CC2=C1c1ccccc1C21c2ccccc2-c2ccccc21. The lowest BCUT2D eigenvalue weighted by Crippen LogP contribution is -2.27. The van der Waals surface area contributed by atoms with Crippen LogP contribution in [-0.4, -0.2) is 0 Å². The molecule has 3 aromatic rings. The van der Waals surface area contributed by atoms with Crippen LogP contribution in [0.5, 0.6) is 0 Å². The van der Waals surface area contributed by atoms with Gasteiger partial charge >= 0.3 is 0 Å². The van der Waals surface area contributed by atoms with Crippen LogP contribution < -0.4 is 0 Å². The van der Waals surface area contributed by atoms with Gasteiger partial charge in [-0.05, 0) is 56.9 Å². The zero-order valence-corrected chi connectivity index (χ0v) is 16.9. The lowest BCUT2D eigenvalue weighted by Gasteiger charge is -2.32. The van der Waals surface area contributed by atoms with E-state index in [9.17, 15) is 0 Å². The molecular formula is C28H26. The van der Waals surface area contributed by atoms with E-state index in [4.69, 9.17) is 0 Å². The van der Waals surface area contributed by atoms with Crippen LogP contribution in [-0.2, 0) is 5.41 Å². The molecule has 0 nitrogen and oxygen atoms in total. The smallest absolute Gasteiger partial charge is 0.0722 e. The number of rotatable bonds is 0. The number of hydrogen-bond acceptors (Lipinski definition) is 0. The largest absolute Gasteiger partial charge is 0.0836 e. The molecule has 3 aliphatic rings.